The van der Waals surface area contributed by atoms with Gasteiger partial charge in [0, 0.05) is 23.7 Å². The monoisotopic (exact) mass is 505 g/mol. The maximum absolute atomic E-state index is 13.0. The highest BCUT2D eigenvalue weighted by atomic mass is 32.2. The molecular formula is C25H19N3O5S2. The van der Waals surface area contributed by atoms with Crippen LogP contribution in [0.4, 0.5) is 0 Å². The number of nitrogens with zero attached hydrogens (tertiary/aromatic N) is 3. The largest absolute Gasteiger partial charge is 0.493 e. The number of carbonyl (C=O) groups excluding carboxylic acids is 1. The number of thiocarbonyl (C=S) groups is 1. The third-order valence-corrected chi connectivity index (χ3v) is 6.81. The molecule has 0 aliphatic carbocycles. The highest BCUT2D eigenvalue weighted by Crippen LogP contribution is 2.37. The summed E-state index contributed by atoms with van der Waals surface area (Å²) in [5.74, 6) is -0.190. The minimum Gasteiger partial charge on any atom is -0.493 e. The van der Waals surface area contributed by atoms with Crippen LogP contribution in [0.15, 0.2) is 70.1 Å². The van der Waals surface area contributed by atoms with E-state index in [1.165, 1.54) is 4.90 Å². The van der Waals surface area contributed by atoms with E-state index in [0.717, 1.165) is 22.8 Å². The van der Waals surface area contributed by atoms with Crippen molar-refractivity contribution in [2.45, 2.75) is 6.42 Å². The molecule has 1 N–H and O–H groups in total. The summed E-state index contributed by atoms with van der Waals surface area (Å²) in [6.07, 6.45) is 3.35. The Bertz CT molecular complexity index is 1490. The van der Waals surface area contributed by atoms with Crippen LogP contribution in [0.5, 0.6) is 5.75 Å². The third kappa shape index (κ3) is 4.45. The summed E-state index contributed by atoms with van der Waals surface area (Å²) in [5, 5.41) is 14.6. The maximum atomic E-state index is 13.0. The van der Waals surface area contributed by atoms with Gasteiger partial charge >= 0.3 is 5.97 Å². The van der Waals surface area contributed by atoms with Crippen molar-refractivity contribution in [2.24, 2.45) is 0 Å². The van der Waals surface area contributed by atoms with E-state index >= 15 is 0 Å². The number of carboxylic acids is 1. The Kier molecular flexibility index (Phi) is 6.14. The van der Waals surface area contributed by atoms with Gasteiger partial charge in [-0.15, -0.1) is 0 Å². The Morgan fingerprint density at radius 2 is 2.03 bits per heavy atom. The van der Waals surface area contributed by atoms with E-state index in [4.69, 9.17) is 31.6 Å². The normalized spacial score (nSPS) is 14.9. The van der Waals surface area contributed by atoms with Crippen LogP contribution in [0.25, 0.3) is 34.2 Å². The van der Waals surface area contributed by atoms with Crippen molar-refractivity contribution in [2.75, 3.05) is 13.7 Å². The molecule has 2 aromatic heterocycles. The number of ether oxygens (including phenoxy) is 1. The van der Waals surface area contributed by atoms with E-state index < -0.39 is 5.97 Å². The molecule has 35 heavy (non-hydrogen) atoms. The van der Waals surface area contributed by atoms with Gasteiger partial charge in [-0.2, -0.15) is 5.10 Å². The van der Waals surface area contributed by atoms with Crippen LogP contribution in [0.1, 0.15) is 12.0 Å². The average molecular weight is 506 g/mol. The van der Waals surface area contributed by atoms with Gasteiger partial charge in [-0.1, -0.05) is 54.3 Å². The smallest absolute Gasteiger partial charge is 0.305 e. The first-order chi connectivity index (χ1) is 16.9. The number of aromatic nitrogens is 2. The fourth-order valence-electron chi connectivity index (χ4n) is 3.75. The van der Waals surface area contributed by atoms with Crippen molar-refractivity contribution < 1.29 is 23.8 Å². The molecule has 0 radical (unpaired) electrons. The Morgan fingerprint density at radius 3 is 2.77 bits per heavy atom. The molecule has 176 valence electrons. The van der Waals surface area contributed by atoms with Gasteiger partial charge in [0.1, 0.15) is 10.0 Å². The molecule has 5 rings (SSSR count). The second kappa shape index (κ2) is 9.40. The number of amides is 1. The molecule has 1 saturated heterocycles. The number of para-hydroxylation sites is 2. The maximum Gasteiger partial charge on any atom is 0.305 e. The number of furan rings is 1. The van der Waals surface area contributed by atoms with Crippen LogP contribution in [-0.2, 0) is 9.59 Å². The zero-order chi connectivity index (χ0) is 24.5. The Balaban J connectivity index is 1.59. The summed E-state index contributed by atoms with van der Waals surface area (Å²) in [5.41, 5.74) is 2.65. The summed E-state index contributed by atoms with van der Waals surface area (Å²) in [6.45, 7) is 0.0246. The lowest BCUT2D eigenvalue weighted by Gasteiger charge is -2.12. The van der Waals surface area contributed by atoms with Crippen LogP contribution in [-0.4, -0.2) is 49.6 Å². The summed E-state index contributed by atoms with van der Waals surface area (Å²) in [6, 6.07) is 17.1. The molecule has 0 bridgehead atoms. The standard InChI is InChI=1S/C25H19N3O5S2/c1-32-18-9-5-6-15-12-19(33-23(15)18)22-16(14-28(26-22)17-7-3-2-4-8-17)13-20-24(31)27(25(34)35-20)11-10-21(29)30/h2-9,12-14H,10-11H2,1H3,(H,29,30)/b20-13-. The van der Waals surface area contributed by atoms with Crippen LogP contribution in [0.3, 0.4) is 0 Å². The first kappa shape index (κ1) is 22.9. The predicted molar refractivity (Wildman–Crippen MR) is 137 cm³/mol. The number of aliphatic carboxylic acids is 1. The van der Waals surface area contributed by atoms with Crippen molar-refractivity contribution in [1.82, 2.24) is 14.7 Å². The van der Waals surface area contributed by atoms with Crippen molar-refractivity contribution in [3.8, 4) is 22.9 Å². The van der Waals surface area contributed by atoms with E-state index in [0.29, 0.717) is 37.6 Å². The van der Waals surface area contributed by atoms with Crippen molar-refractivity contribution >= 4 is 57.2 Å². The first-order valence-electron chi connectivity index (χ1n) is 10.6. The molecule has 1 aliphatic heterocycles. The molecule has 4 aromatic rings. The highest BCUT2D eigenvalue weighted by Gasteiger charge is 2.32. The molecule has 1 aliphatic rings. The number of methoxy groups -OCH3 is 1. The molecular weight excluding hydrogens is 486 g/mol. The molecule has 0 atom stereocenters. The molecule has 10 heteroatoms. The molecule has 3 heterocycles. The minimum atomic E-state index is -0.991. The van der Waals surface area contributed by atoms with Gasteiger partial charge in [0.15, 0.2) is 17.1 Å². The van der Waals surface area contributed by atoms with Crippen molar-refractivity contribution in [1.29, 1.82) is 0 Å². The van der Waals surface area contributed by atoms with Crippen LogP contribution < -0.4 is 4.74 Å². The number of hydrogen-bond acceptors (Lipinski definition) is 7. The second-order valence-electron chi connectivity index (χ2n) is 7.68. The number of carboxylic acid groups (broad SMARTS) is 1. The Labute approximate surface area is 209 Å². The lowest BCUT2D eigenvalue weighted by atomic mass is 10.1. The van der Waals surface area contributed by atoms with Gasteiger partial charge in [-0.05, 0) is 30.3 Å². The molecule has 8 nitrogen and oxygen atoms in total. The highest BCUT2D eigenvalue weighted by molar-refractivity contribution is 8.26. The molecule has 1 amide bonds. The number of thioether (sulfide) groups is 1. The summed E-state index contributed by atoms with van der Waals surface area (Å²) in [4.78, 5) is 25.6. The second-order valence-corrected chi connectivity index (χ2v) is 9.36. The summed E-state index contributed by atoms with van der Waals surface area (Å²) >= 11 is 6.46. The summed E-state index contributed by atoms with van der Waals surface area (Å²) in [7, 11) is 1.58. The van der Waals surface area contributed by atoms with Gasteiger partial charge in [0.25, 0.3) is 5.91 Å². The average Bonchev–Trinajstić information content (AvgIpc) is 3.54. The van der Waals surface area contributed by atoms with E-state index in [1.54, 1.807) is 17.9 Å². The summed E-state index contributed by atoms with van der Waals surface area (Å²) < 4.78 is 13.6. The molecule has 2 aromatic carbocycles. The van der Waals surface area contributed by atoms with Gasteiger partial charge in [0.2, 0.25) is 0 Å². The number of hydrogen-bond donors (Lipinski definition) is 1. The van der Waals surface area contributed by atoms with Gasteiger partial charge in [-0.3, -0.25) is 14.5 Å². The van der Waals surface area contributed by atoms with Crippen LogP contribution >= 0.6 is 24.0 Å². The number of rotatable bonds is 7. The molecule has 0 unspecified atom stereocenters. The van der Waals surface area contributed by atoms with Crippen LogP contribution in [0, 0.1) is 0 Å². The van der Waals surface area contributed by atoms with Gasteiger partial charge in [0.05, 0.1) is 24.1 Å². The van der Waals surface area contributed by atoms with E-state index in [9.17, 15) is 9.59 Å². The topological polar surface area (TPSA) is 97.8 Å². The molecule has 1 fully saturated rings. The van der Waals surface area contributed by atoms with E-state index in [-0.39, 0.29) is 18.9 Å². The lowest BCUT2D eigenvalue weighted by Crippen LogP contribution is -2.30. The number of carbonyl (C=O) groups is 2. The van der Waals surface area contributed by atoms with E-state index in [1.807, 2.05) is 60.8 Å². The fraction of sp³-hybridized carbons (Fsp3) is 0.120. The van der Waals surface area contributed by atoms with Crippen molar-refractivity contribution in [3.05, 3.63) is 71.3 Å². The fourth-order valence-corrected chi connectivity index (χ4v) is 5.05. The number of benzene rings is 2. The first-order valence-corrected chi connectivity index (χ1v) is 11.9. The van der Waals surface area contributed by atoms with Gasteiger partial charge in [-0.25, -0.2) is 4.68 Å². The minimum absolute atomic E-state index is 0.0246. The quantitative estimate of drug-likeness (QED) is 0.278. The SMILES string of the molecule is COc1cccc2cc(-c3nn(-c4ccccc4)cc3/C=C3\SC(=S)N(CCC(=O)O)C3=O)oc12. The molecule has 0 spiro atoms. The number of fused-ring (bicyclic) bond motifs is 1. The Morgan fingerprint density at radius 1 is 1.23 bits per heavy atom. The zero-order valence-corrected chi connectivity index (χ0v) is 20.1. The van der Waals surface area contributed by atoms with Crippen LogP contribution in [0.2, 0.25) is 0 Å². The Hall–Kier alpha value is -3.89. The lowest BCUT2D eigenvalue weighted by molar-refractivity contribution is -0.137. The third-order valence-electron chi connectivity index (χ3n) is 5.43. The van der Waals surface area contributed by atoms with E-state index in [2.05, 4.69) is 0 Å². The predicted octanol–water partition coefficient (Wildman–Crippen LogP) is 4.97. The van der Waals surface area contributed by atoms with Gasteiger partial charge < -0.3 is 14.3 Å². The zero-order valence-electron chi connectivity index (χ0n) is 18.5. The molecule has 0 saturated carbocycles. The van der Waals surface area contributed by atoms with Crippen molar-refractivity contribution in [3.63, 3.8) is 0 Å².